The van der Waals surface area contributed by atoms with Gasteiger partial charge in [-0.15, -0.1) is 0 Å². The number of aliphatic hydroxyl groups excluding tert-OH is 1. The fourth-order valence-electron chi connectivity index (χ4n) is 3.78. The number of aryl methyl sites for hydroxylation is 1. The van der Waals surface area contributed by atoms with E-state index in [0.717, 1.165) is 27.6 Å². The van der Waals surface area contributed by atoms with Crippen LogP contribution in [0.1, 0.15) is 42.4 Å². The van der Waals surface area contributed by atoms with Crippen LogP contribution in [0.15, 0.2) is 66.1 Å². The average molecular weight is 483 g/mol. The summed E-state index contributed by atoms with van der Waals surface area (Å²) in [6.07, 6.45) is 3.59. The van der Waals surface area contributed by atoms with Crippen molar-refractivity contribution in [2.24, 2.45) is 7.05 Å². The van der Waals surface area contributed by atoms with E-state index in [0.29, 0.717) is 18.7 Å². The molecule has 3 aromatic rings. The maximum atomic E-state index is 12.0. The molecule has 2 aromatic carbocycles. The number of aromatic nitrogens is 2. The van der Waals surface area contributed by atoms with E-state index in [2.05, 4.69) is 15.6 Å². The van der Waals surface area contributed by atoms with Gasteiger partial charge in [-0.25, -0.2) is 9.78 Å². The Hall–Kier alpha value is -2.85. The highest BCUT2D eigenvalue weighted by Gasteiger charge is 2.32. The molecule has 3 atom stereocenters. The fraction of sp³-hybridized carbons (Fsp3) is 0.360. The van der Waals surface area contributed by atoms with Crippen LogP contribution in [0.2, 0.25) is 0 Å². The van der Waals surface area contributed by atoms with Crippen LogP contribution in [-0.4, -0.2) is 39.1 Å². The highest BCUT2D eigenvalue weighted by atomic mass is 32.2. The Morgan fingerprint density at radius 3 is 2.74 bits per heavy atom. The number of ether oxygens (including phenoxy) is 2. The standard InChI is InChI=1S/C25H30N4O4S/c1-3-26-24(31)28-20-6-4-5-19(13-20)23-32-21(16-34-25-27-11-12-29(25)2)14-22(33-23)18-9-7-17(15-30)8-10-18/h4-13,21-23,30H,3,14-16H2,1-2H3,(H2,26,28,31)/t21-,22+,23+/m0/s1. The van der Waals surface area contributed by atoms with Gasteiger partial charge >= 0.3 is 6.03 Å². The molecule has 1 aromatic heterocycles. The Labute approximate surface area is 203 Å². The second kappa shape index (κ2) is 11.5. The Kier molecular flexibility index (Phi) is 8.23. The van der Waals surface area contributed by atoms with E-state index in [1.54, 1.807) is 18.0 Å². The Morgan fingerprint density at radius 1 is 1.21 bits per heavy atom. The van der Waals surface area contributed by atoms with Gasteiger partial charge in [-0.1, -0.05) is 48.2 Å². The van der Waals surface area contributed by atoms with Gasteiger partial charge in [-0.05, 0) is 30.2 Å². The van der Waals surface area contributed by atoms with Crippen molar-refractivity contribution in [3.8, 4) is 0 Å². The number of imidazole rings is 1. The van der Waals surface area contributed by atoms with Crippen LogP contribution in [0, 0.1) is 0 Å². The molecule has 2 heterocycles. The van der Waals surface area contributed by atoms with Gasteiger partial charge in [-0.2, -0.15) is 0 Å². The first kappa shape index (κ1) is 24.3. The first-order valence-electron chi connectivity index (χ1n) is 11.3. The van der Waals surface area contributed by atoms with Crippen molar-refractivity contribution in [3.05, 3.63) is 77.6 Å². The van der Waals surface area contributed by atoms with Crippen LogP contribution in [0.3, 0.4) is 0 Å². The van der Waals surface area contributed by atoms with Crippen molar-refractivity contribution in [1.29, 1.82) is 0 Å². The number of amides is 2. The molecule has 0 unspecified atom stereocenters. The van der Waals surface area contributed by atoms with E-state index in [4.69, 9.17) is 9.47 Å². The zero-order valence-electron chi connectivity index (χ0n) is 19.3. The molecular weight excluding hydrogens is 452 g/mol. The smallest absolute Gasteiger partial charge is 0.319 e. The number of hydrogen-bond acceptors (Lipinski definition) is 6. The van der Waals surface area contributed by atoms with Gasteiger partial charge in [0.15, 0.2) is 11.4 Å². The molecule has 1 aliphatic rings. The molecule has 34 heavy (non-hydrogen) atoms. The van der Waals surface area contributed by atoms with Crippen molar-refractivity contribution >= 4 is 23.5 Å². The number of anilines is 1. The molecule has 0 radical (unpaired) electrons. The Bertz CT molecular complexity index is 1090. The molecule has 0 bridgehead atoms. The quantitative estimate of drug-likeness (QED) is 0.412. The van der Waals surface area contributed by atoms with Crippen molar-refractivity contribution < 1.29 is 19.4 Å². The molecule has 1 fully saturated rings. The Balaban J connectivity index is 1.53. The number of carbonyl (C=O) groups is 1. The highest BCUT2D eigenvalue weighted by Crippen LogP contribution is 2.39. The van der Waals surface area contributed by atoms with Gasteiger partial charge in [0.05, 0.1) is 18.8 Å². The minimum Gasteiger partial charge on any atom is -0.392 e. The minimum atomic E-state index is -0.584. The number of thioether (sulfide) groups is 1. The first-order chi connectivity index (χ1) is 16.6. The Morgan fingerprint density at radius 2 is 2.03 bits per heavy atom. The molecule has 4 rings (SSSR count). The van der Waals surface area contributed by atoms with E-state index in [9.17, 15) is 9.90 Å². The van der Waals surface area contributed by atoms with Gasteiger partial charge < -0.3 is 29.8 Å². The topological polar surface area (TPSA) is 97.6 Å². The number of rotatable bonds is 8. The number of benzene rings is 2. The van der Waals surface area contributed by atoms with Crippen LogP contribution < -0.4 is 10.6 Å². The fourth-order valence-corrected chi connectivity index (χ4v) is 4.73. The predicted molar refractivity (Wildman–Crippen MR) is 131 cm³/mol. The zero-order valence-corrected chi connectivity index (χ0v) is 20.1. The number of nitrogens with one attached hydrogen (secondary N) is 2. The van der Waals surface area contributed by atoms with Crippen LogP contribution in [0.5, 0.6) is 0 Å². The molecule has 0 aliphatic carbocycles. The van der Waals surface area contributed by atoms with Crippen molar-refractivity contribution in [2.75, 3.05) is 17.6 Å². The molecule has 2 amide bonds. The lowest BCUT2D eigenvalue weighted by atomic mass is 10.0. The van der Waals surface area contributed by atoms with Crippen LogP contribution in [0.25, 0.3) is 0 Å². The summed E-state index contributed by atoms with van der Waals surface area (Å²) in [6.45, 7) is 2.42. The van der Waals surface area contributed by atoms with E-state index >= 15 is 0 Å². The summed E-state index contributed by atoms with van der Waals surface area (Å²) in [7, 11) is 1.97. The third-order valence-corrected chi connectivity index (χ3v) is 6.73. The van der Waals surface area contributed by atoms with E-state index < -0.39 is 6.29 Å². The second-order valence-corrected chi connectivity index (χ2v) is 9.08. The van der Waals surface area contributed by atoms with Crippen LogP contribution in [-0.2, 0) is 23.1 Å². The van der Waals surface area contributed by atoms with Crippen LogP contribution >= 0.6 is 11.8 Å². The number of hydrogen-bond donors (Lipinski definition) is 3. The molecule has 1 aliphatic heterocycles. The predicted octanol–water partition coefficient (Wildman–Crippen LogP) is 4.39. The summed E-state index contributed by atoms with van der Waals surface area (Å²) in [5, 5.41) is 15.9. The molecule has 0 saturated carbocycles. The number of carbonyl (C=O) groups excluding carboxylic acids is 1. The first-order valence-corrected chi connectivity index (χ1v) is 12.3. The number of nitrogens with zero attached hydrogens (tertiary/aromatic N) is 2. The normalized spacial score (nSPS) is 20.1. The zero-order chi connectivity index (χ0) is 23.9. The van der Waals surface area contributed by atoms with Crippen LogP contribution in [0.4, 0.5) is 10.5 Å². The molecule has 3 N–H and O–H groups in total. The summed E-state index contributed by atoms with van der Waals surface area (Å²) < 4.78 is 14.7. The summed E-state index contributed by atoms with van der Waals surface area (Å²) in [5.41, 5.74) is 3.40. The van der Waals surface area contributed by atoms with Crippen molar-refractivity contribution in [2.45, 2.75) is 43.6 Å². The maximum Gasteiger partial charge on any atom is 0.319 e. The molecule has 1 saturated heterocycles. The lowest BCUT2D eigenvalue weighted by Gasteiger charge is -2.36. The second-order valence-electron chi connectivity index (χ2n) is 8.09. The lowest BCUT2D eigenvalue weighted by molar-refractivity contribution is -0.245. The summed E-state index contributed by atoms with van der Waals surface area (Å²) in [6, 6.07) is 15.1. The molecular formula is C25H30N4O4S. The molecule has 9 heteroatoms. The SMILES string of the molecule is CCNC(=O)Nc1cccc([C@@H]2O[C@H](CSc3nccn3C)C[C@H](c3ccc(CO)cc3)O2)c1. The third kappa shape index (κ3) is 6.18. The largest absolute Gasteiger partial charge is 0.392 e. The monoisotopic (exact) mass is 482 g/mol. The molecule has 8 nitrogen and oxygen atoms in total. The minimum absolute atomic E-state index is 0.00582. The maximum absolute atomic E-state index is 12.0. The van der Waals surface area contributed by atoms with Gasteiger partial charge in [-0.3, -0.25) is 0 Å². The number of urea groups is 1. The average Bonchev–Trinajstić information content (AvgIpc) is 3.27. The highest BCUT2D eigenvalue weighted by molar-refractivity contribution is 7.99. The van der Waals surface area contributed by atoms with Gasteiger partial charge in [0.1, 0.15) is 0 Å². The van der Waals surface area contributed by atoms with Gasteiger partial charge in [0.25, 0.3) is 0 Å². The van der Waals surface area contributed by atoms with E-state index in [1.807, 2.05) is 73.3 Å². The number of aliphatic hydroxyl groups is 1. The van der Waals surface area contributed by atoms with E-state index in [-0.39, 0.29) is 24.8 Å². The van der Waals surface area contributed by atoms with Crippen molar-refractivity contribution in [3.63, 3.8) is 0 Å². The molecule has 180 valence electrons. The third-order valence-electron chi connectivity index (χ3n) is 5.54. The molecule has 0 spiro atoms. The lowest BCUT2D eigenvalue weighted by Crippen LogP contribution is -2.31. The van der Waals surface area contributed by atoms with E-state index in [1.165, 1.54) is 0 Å². The van der Waals surface area contributed by atoms with Gasteiger partial charge in [0, 0.05) is 49.4 Å². The summed E-state index contributed by atoms with van der Waals surface area (Å²) >= 11 is 1.65. The summed E-state index contributed by atoms with van der Waals surface area (Å²) in [4.78, 5) is 16.4. The van der Waals surface area contributed by atoms with Gasteiger partial charge in [0.2, 0.25) is 0 Å². The van der Waals surface area contributed by atoms with Crippen molar-refractivity contribution in [1.82, 2.24) is 14.9 Å². The summed E-state index contributed by atoms with van der Waals surface area (Å²) in [5.74, 6) is 0.729.